The van der Waals surface area contributed by atoms with Crippen LogP contribution in [0.25, 0.3) is 0 Å². The first-order chi connectivity index (χ1) is 8.29. The van der Waals surface area contributed by atoms with Crippen molar-refractivity contribution < 1.29 is 23.1 Å². The highest BCUT2D eigenvalue weighted by Crippen LogP contribution is 2.29. The molecule has 0 aliphatic carbocycles. The minimum Gasteiger partial charge on any atom is -0.478 e. The molecule has 0 saturated carbocycles. The fourth-order valence-corrected chi connectivity index (χ4v) is 1.66. The summed E-state index contributed by atoms with van der Waals surface area (Å²) in [5.74, 6) is -1.26. The van der Waals surface area contributed by atoms with Crippen LogP contribution < -0.4 is 5.32 Å². The van der Waals surface area contributed by atoms with Crippen LogP contribution in [0.1, 0.15) is 10.4 Å². The number of rotatable bonds is 5. The highest BCUT2D eigenvalue weighted by atomic mass is 35.5. The minimum absolute atomic E-state index is 0.0118. The van der Waals surface area contributed by atoms with Crippen LogP contribution in [0.5, 0.6) is 0 Å². The number of hydrogen-bond donors (Lipinski definition) is 2. The lowest BCUT2D eigenvalue weighted by molar-refractivity contribution is -0.0327. The van der Waals surface area contributed by atoms with Crippen LogP contribution in [0.4, 0.5) is 19.0 Å². The second-order valence-corrected chi connectivity index (χ2v) is 4.64. The van der Waals surface area contributed by atoms with Crippen LogP contribution in [0.15, 0.2) is 12.3 Å². The van der Waals surface area contributed by atoms with E-state index in [0.717, 1.165) is 6.20 Å². The Morgan fingerprint density at radius 1 is 1.56 bits per heavy atom. The number of hydrogen-bond acceptors (Lipinski definition) is 4. The topological polar surface area (TPSA) is 62.2 Å². The lowest BCUT2D eigenvalue weighted by atomic mass is 10.2. The summed E-state index contributed by atoms with van der Waals surface area (Å²) in [6.07, 6.45) is 1.13. The zero-order valence-electron chi connectivity index (χ0n) is 8.79. The monoisotopic (exact) mass is 300 g/mol. The Bertz CT molecular complexity index is 442. The first-order valence-corrected chi connectivity index (χ1v) is 5.99. The zero-order chi connectivity index (χ0) is 13.8. The summed E-state index contributed by atoms with van der Waals surface area (Å²) in [5, 5.41) is 11.3. The molecule has 1 heterocycles. The quantitative estimate of drug-likeness (QED) is 0.818. The van der Waals surface area contributed by atoms with Gasteiger partial charge in [0.1, 0.15) is 5.82 Å². The molecule has 1 rings (SSSR count). The van der Waals surface area contributed by atoms with Crippen molar-refractivity contribution in [2.75, 3.05) is 17.6 Å². The Kier molecular flexibility index (Phi) is 5.09. The number of nitrogens with zero attached hydrogens (tertiary/aromatic N) is 1. The Morgan fingerprint density at radius 2 is 2.22 bits per heavy atom. The SMILES string of the molecule is O=C(O)c1cc(NCCSC(F)(F)F)ncc1Cl. The van der Waals surface area contributed by atoms with E-state index >= 15 is 0 Å². The van der Waals surface area contributed by atoms with E-state index < -0.39 is 11.5 Å². The van der Waals surface area contributed by atoms with Crippen molar-refractivity contribution in [1.82, 2.24) is 4.98 Å². The van der Waals surface area contributed by atoms with Gasteiger partial charge in [-0.05, 0) is 17.8 Å². The molecule has 0 unspecified atom stereocenters. The van der Waals surface area contributed by atoms with Gasteiger partial charge in [-0.15, -0.1) is 0 Å². The van der Waals surface area contributed by atoms with Crippen LogP contribution in [-0.4, -0.2) is 33.9 Å². The standard InChI is InChI=1S/C9H8ClF3N2O2S/c10-6-4-15-7(3-5(6)8(16)17)14-1-2-18-9(11,12)13/h3-4H,1-2H2,(H,14,15)(H,16,17). The molecule has 18 heavy (non-hydrogen) atoms. The van der Waals surface area contributed by atoms with E-state index in [2.05, 4.69) is 10.3 Å². The van der Waals surface area contributed by atoms with Crippen molar-refractivity contribution in [3.63, 3.8) is 0 Å². The van der Waals surface area contributed by atoms with Gasteiger partial charge >= 0.3 is 11.5 Å². The average molecular weight is 301 g/mol. The van der Waals surface area contributed by atoms with Crippen molar-refractivity contribution in [3.05, 3.63) is 22.8 Å². The predicted octanol–water partition coefficient (Wildman–Crippen LogP) is 3.10. The van der Waals surface area contributed by atoms with E-state index in [1.54, 1.807) is 0 Å². The highest BCUT2D eigenvalue weighted by Gasteiger charge is 2.27. The maximum Gasteiger partial charge on any atom is 0.441 e. The van der Waals surface area contributed by atoms with E-state index in [0.29, 0.717) is 0 Å². The van der Waals surface area contributed by atoms with E-state index in [1.807, 2.05) is 0 Å². The van der Waals surface area contributed by atoms with E-state index in [9.17, 15) is 18.0 Å². The zero-order valence-corrected chi connectivity index (χ0v) is 10.4. The molecular weight excluding hydrogens is 293 g/mol. The summed E-state index contributed by atoms with van der Waals surface area (Å²) in [4.78, 5) is 14.5. The number of thioether (sulfide) groups is 1. The minimum atomic E-state index is -4.28. The molecule has 0 aromatic carbocycles. The molecule has 0 radical (unpaired) electrons. The summed E-state index contributed by atoms with van der Waals surface area (Å²) in [6.45, 7) is 0.0118. The van der Waals surface area contributed by atoms with Crippen LogP contribution >= 0.6 is 23.4 Å². The van der Waals surface area contributed by atoms with Crippen molar-refractivity contribution in [2.24, 2.45) is 0 Å². The lowest BCUT2D eigenvalue weighted by Crippen LogP contribution is -2.11. The molecule has 1 aromatic rings. The van der Waals surface area contributed by atoms with Crippen molar-refractivity contribution in [1.29, 1.82) is 0 Å². The molecule has 0 aliphatic heterocycles. The third-order valence-electron chi connectivity index (χ3n) is 1.76. The first kappa shape index (κ1) is 14.9. The van der Waals surface area contributed by atoms with E-state index in [-0.39, 0.29) is 40.5 Å². The molecule has 4 nitrogen and oxygen atoms in total. The smallest absolute Gasteiger partial charge is 0.441 e. The first-order valence-electron chi connectivity index (χ1n) is 4.63. The number of aromatic nitrogens is 1. The van der Waals surface area contributed by atoms with Crippen LogP contribution in [-0.2, 0) is 0 Å². The molecule has 2 N–H and O–H groups in total. The molecule has 0 saturated heterocycles. The fourth-order valence-electron chi connectivity index (χ4n) is 1.05. The number of alkyl halides is 3. The number of carboxylic acids is 1. The van der Waals surface area contributed by atoms with Gasteiger partial charge in [-0.25, -0.2) is 9.78 Å². The highest BCUT2D eigenvalue weighted by molar-refractivity contribution is 8.00. The molecule has 1 aromatic heterocycles. The third kappa shape index (κ3) is 5.01. The maximum absolute atomic E-state index is 11.8. The number of carbonyl (C=O) groups is 1. The molecular formula is C9H8ClF3N2O2S. The van der Waals surface area contributed by atoms with E-state index in [1.165, 1.54) is 6.07 Å². The van der Waals surface area contributed by atoms with Crippen molar-refractivity contribution in [2.45, 2.75) is 5.51 Å². The van der Waals surface area contributed by atoms with Crippen LogP contribution in [0.2, 0.25) is 5.02 Å². The van der Waals surface area contributed by atoms with Crippen LogP contribution in [0.3, 0.4) is 0 Å². The molecule has 100 valence electrons. The summed E-state index contributed by atoms with van der Waals surface area (Å²) in [6, 6.07) is 1.17. The van der Waals surface area contributed by atoms with Crippen molar-refractivity contribution >= 4 is 35.1 Å². The van der Waals surface area contributed by atoms with Gasteiger partial charge in [-0.2, -0.15) is 13.2 Å². The Hall–Kier alpha value is -1.15. The van der Waals surface area contributed by atoms with Gasteiger partial charge in [0.05, 0.1) is 10.6 Å². The van der Waals surface area contributed by atoms with Gasteiger partial charge in [-0.3, -0.25) is 0 Å². The molecule has 0 fully saturated rings. The number of nitrogens with one attached hydrogen (secondary N) is 1. The molecule has 0 spiro atoms. The molecule has 0 bridgehead atoms. The summed E-state index contributed by atoms with van der Waals surface area (Å²) in [5.41, 5.74) is -4.43. The van der Waals surface area contributed by atoms with Crippen LogP contribution in [0, 0.1) is 0 Å². The Morgan fingerprint density at radius 3 is 2.78 bits per heavy atom. The van der Waals surface area contributed by atoms with Gasteiger partial charge in [0.2, 0.25) is 0 Å². The molecule has 0 atom stereocenters. The summed E-state index contributed by atoms with van der Waals surface area (Å²) < 4.78 is 35.5. The normalized spacial score (nSPS) is 11.3. The second kappa shape index (κ2) is 6.14. The second-order valence-electron chi connectivity index (χ2n) is 3.08. The third-order valence-corrected chi connectivity index (χ3v) is 2.80. The van der Waals surface area contributed by atoms with Gasteiger partial charge in [0.25, 0.3) is 0 Å². The number of halogens is 4. The average Bonchev–Trinajstić information content (AvgIpc) is 2.24. The summed E-state index contributed by atoms with van der Waals surface area (Å²) >= 11 is 5.42. The molecule has 0 aliphatic rings. The van der Waals surface area contributed by atoms with E-state index in [4.69, 9.17) is 16.7 Å². The molecule has 9 heteroatoms. The fraction of sp³-hybridized carbons (Fsp3) is 0.333. The number of carboxylic acid groups (broad SMARTS) is 1. The summed E-state index contributed by atoms with van der Waals surface area (Å²) in [7, 11) is 0. The van der Waals surface area contributed by atoms with Gasteiger partial charge < -0.3 is 10.4 Å². The van der Waals surface area contributed by atoms with Gasteiger partial charge in [0.15, 0.2) is 0 Å². The Balaban J connectivity index is 2.53. The number of anilines is 1. The number of pyridine rings is 1. The Labute approximate surface area is 110 Å². The predicted molar refractivity (Wildman–Crippen MR) is 63.2 cm³/mol. The lowest BCUT2D eigenvalue weighted by Gasteiger charge is -2.08. The van der Waals surface area contributed by atoms with Gasteiger partial charge in [0, 0.05) is 18.5 Å². The molecule has 0 amide bonds. The maximum atomic E-state index is 11.8. The van der Waals surface area contributed by atoms with Crippen molar-refractivity contribution in [3.8, 4) is 0 Å². The largest absolute Gasteiger partial charge is 0.478 e. The number of aromatic carboxylic acids is 1. The van der Waals surface area contributed by atoms with Gasteiger partial charge in [-0.1, -0.05) is 11.6 Å².